The molecule has 1 aromatic rings. The zero-order valence-electron chi connectivity index (χ0n) is 8.14. The minimum atomic E-state index is -0.207. The van der Waals surface area contributed by atoms with Gasteiger partial charge in [-0.15, -0.1) is 0 Å². The summed E-state index contributed by atoms with van der Waals surface area (Å²) in [5, 5.41) is 0. The second-order valence-electron chi connectivity index (χ2n) is 3.32. The van der Waals surface area contributed by atoms with Gasteiger partial charge in [-0.05, 0) is 12.5 Å². The fourth-order valence-corrected chi connectivity index (χ4v) is 1.61. The number of carbonyl (C=O) groups excluding carboxylic acids is 1. The van der Waals surface area contributed by atoms with Crippen molar-refractivity contribution in [3.63, 3.8) is 0 Å². The first-order chi connectivity index (χ1) is 6.81. The van der Waals surface area contributed by atoms with Crippen molar-refractivity contribution in [1.82, 2.24) is 4.90 Å². The smallest absolute Gasteiger partial charge is 0.410 e. The second kappa shape index (κ2) is 3.70. The van der Waals surface area contributed by atoms with Crippen molar-refractivity contribution in [1.29, 1.82) is 0 Å². The number of carbonyl (C=O) groups is 1. The van der Waals surface area contributed by atoms with Crippen LogP contribution in [0.4, 0.5) is 4.79 Å². The molecular weight excluding hydrogens is 178 g/mol. The maximum Gasteiger partial charge on any atom is 0.410 e. The SMILES string of the molecule is CCN1C[C@H](c2ccccc2)OC1=O. The van der Waals surface area contributed by atoms with Crippen LogP contribution < -0.4 is 0 Å². The molecule has 0 radical (unpaired) electrons. The number of hydrogen-bond acceptors (Lipinski definition) is 2. The van der Waals surface area contributed by atoms with Crippen molar-refractivity contribution in [3.8, 4) is 0 Å². The first-order valence-corrected chi connectivity index (χ1v) is 4.81. The van der Waals surface area contributed by atoms with Crippen molar-refractivity contribution in [2.75, 3.05) is 13.1 Å². The van der Waals surface area contributed by atoms with E-state index in [0.29, 0.717) is 13.1 Å². The van der Waals surface area contributed by atoms with E-state index in [1.807, 2.05) is 37.3 Å². The lowest BCUT2D eigenvalue weighted by Gasteiger charge is -2.08. The summed E-state index contributed by atoms with van der Waals surface area (Å²) in [5.41, 5.74) is 1.07. The van der Waals surface area contributed by atoms with Crippen LogP contribution in [0.3, 0.4) is 0 Å². The van der Waals surface area contributed by atoms with E-state index in [-0.39, 0.29) is 12.2 Å². The molecule has 1 atom stereocenters. The molecular formula is C11H13NO2. The molecule has 0 spiro atoms. The average Bonchev–Trinajstić information content (AvgIpc) is 2.61. The van der Waals surface area contributed by atoms with Crippen molar-refractivity contribution < 1.29 is 9.53 Å². The standard InChI is InChI=1S/C11H13NO2/c1-2-12-8-10(14-11(12)13)9-6-4-3-5-7-9/h3-7,10H,2,8H2,1H3/t10-/m1/s1. The van der Waals surface area contributed by atoms with E-state index >= 15 is 0 Å². The molecule has 0 unspecified atom stereocenters. The molecule has 0 aliphatic carbocycles. The van der Waals surface area contributed by atoms with Crippen molar-refractivity contribution in [2.45, 2.75) is 13.0 Å². The molecule has 2 rings (SSSR count). The van der Waals surface area contributed by atoms with Gasteiger partial charge in [0.1, 0.15) is 6.10 Å². The Hall–Kier alpha value is -1.51. The zero-order chi connectivity index (χ0) is 9.97. The van der Waals surface area contributed by atoms with Gasteiger partial charge in [0.05, 0.1) is 6.54 Å². The average molecular weight is 191 g/mol. The van der Waals surface area contributed by atoms with Crippen LogP contribution in [0.25, 0.3) is 0 Å². The highest BCUT2D eigenvalue weighted by Gasteiger charge is 2.30. The van der Waals surface area contributed by atoms with E-state index in [1.165, 1.54) is 0 Å². The van der Waals surface area contributed by atoms with Crippen molar-refractivity contribution >= 4 is 6.09 Å². The molecule has 0 aromatic heterocycles. The third-order valence-corrected chi connectivity index (χ3v) is 2.44. The molecule has 0 N–H and O–H groups in total. The molecule has 0 bridgehead atoms. The van der Waals surface area contributed by atoms with E-state index in [9.17, 15) is 4.79 Å². The first kappa shape index (κ1) is 9.06. The quantitative estimate of drug-likeness (QED) is 0.717. The topological polar surface area (TPSA) is 29.5 Å². The first-order valence-electron chi connectivity index (χ1n) is 4.81. The molecule has 1 amide bonds. The Balaban J connectivity index is 2.13. The number of nitrogens with zero attached hydrogens (tertiary/aromatic N) is 1. The van der Waals surface area contributed by atoms with Crippen LogP contribution in [0, 0.1) is 0 Å². The Kier molecular flexibility index (Phi) is 2.39. The van der Waals surface area contributed by atoms with Gasteiger partial charge < -0.3 is 9.64 Å². The maximum absolute atomic E-state index is 11.3. The summed E-state index contributed by atoms with van der Waals surface area (Å²) in [5.74, 6) is 0. The number of likely N-dealkylation sites (N-methyl/N-ethyl adjacent to an activating group) is 1. The Morgan fingerprint density at radius 3 is 2.71 bits per heavy atom. The molecule has 0 saturated carbocycles. The molecule has 14 heavy (non-hydrogen) atoms. The monoisotopic (exact) mass is 191 g/mol. The highest BCUT2D eigenvalue weighted by atomic mass is 16.6. The van der Waals surface area contributed by atoms with Crippen LogP contribution in [0.2, 0.25) is 0 Å². The van der Waals surface area contributed by atoms with E-state index in [1.54, 1.807) is 4.90 Å². The molecule has 3 heteroatoms. The summed E-state index contributed by atoms with van der Waals surface area (Å²) in [6, 6.07) is 9.83. The largest absolute Gasteiger partial charge is 0.439 e. The van der Waals surface area contributed by atoms with Crippen LogP contribution in [-0.2, 0) is 4.74 Å². The summed E-state index contributed by atoms with van der Waals surface area (Å²) >= 11 is 0. The predicted octanol–water partition coefficient (Wildman–Crippen LogP) is 2.20. The molecule has 3 nitrogen and oxygen atoms in total. The Morgan fingerprint density at radius 2 is 2.14 bits per heavy atom. The van der Waals surface area contributed by atoms with Gasteiger partial charge in [-0.3, -0.25) is 0 Å². The van der Waals surface area contributed by atoms with Crippen LogP contribution in [0.1, 0.15) is 18.6 Å². The number of amides is 1. The van der Waals surface area contributed by atoms with Crippen molar-refractivity contribution in [3.05, 3.63) is 35.9 Å². The molecule has 1 saturated heterocycles. The molecule has 1 heterocycles. The fraction of sp³-hybridized carbons (Fsp3) is 0.364. The Morgan fingerprint density at radius 1 is 1.43 bits per heavy atom. The maximum atomic E-state index is 11.3. The van der Waals surface area contributed by atoms with E-state index in [4.69, 9.17) is 4.74 Å². The van der Waals surface area contributed by atoms with E-state index in [2.05, 4.69) is 0 Å². The van der Waals surface area contributed by atoms with Gasteiger partial charge in [0.25, 0.3) is 0 Å². The molecule has 1 fully saturated rings. The van der Waals surface area contributed by atoms with E-state index < -0.39 is 0 Å². The Labute approximate surface area is 83.3 Å². The summed E-state index contributed by atoms with van der Waals surface area (Å²) in [6.07, 6.45) is -0.301. The summed E-state index contributed by atoms with van der Waals surface area (Å²) in [4.78, 5) is 13.0. The summed E-state index contributed by atoms with van der Waals surface area (Å²) < 4.78 is 5.24. The minimum Gasteiger partial charge on any atom is -0.439 e. The van der Waals surface area contributed by atoms with Crippen LogP contribution in [0.5, 0.6) is 0 Å². The van der Waals surface area contributed by atoms with Gasteiger partial charge in [-0.2, -0.15) is 0 Å². The number of benzene rings is 1. The molecule has 1 aliphatic rings. The van der Waals surface area contributed by atoms with Gasteiger partial charge in [-0.25, -0.2) is 4.79 Å². The lowest BCUT2D eigenvalue weighted by atomic mass is 10.1. The van der Waals surface area contributed by atoms with Gasteiger partial charge >= 0.3 is 6.09 Å². The number of hydrogen-bond donors (Lipinski definition) is 0. The minimum absolute atomic E-state index is 0.0938. The summed E-state index contributed by atoms with van der Waals surface area (Å²) in [6.45, 7) is 3.33. The normalized spacial score (nSPS) is 21.1. The fourth-order valence-electron chi connectivity index (χ4n) is 1.61. The lowest BCUT2D eigenvalue weighted by Crippen LogP contribution is -2.23. The highest BCUT2D eigenvalue weighted by Crippen LogP contribution is 2.25. The third kappa shape index (κ3) is 1.58. The van der Waals surface area contributed by atoms with Crippen LogP contribution in [-0.4, -0.2) is 24.1 Å². The number of ether oxygens (including phenoxy) is 1. The highest BCUT2D eigenvalue weighted by molar-refractivity contribution is 5.70. The second-order valence-corrected chi connectivity index (χ2v) is 3.32. The molecule has 1 aliphatic heterocycles. The van der Waals surface area contributed by atoms with Gasteiger partial charge in [0, 0.05) is 6.54 Å². The van der Waals surface area contributed by atoms with E-state index in [0.717, 1.165) is 5.56 Å². The van der Waals surface area contributed by atoms with Crippen LogP contribution >= 0.6 is 0 Å². The summed E-state index contributed by atoms with van der Waals surface area (Å²) in [7, 11) is 0. The van der Waals surface area contributed by atoms with Crippen molar-refractivity contribution in [2.24, 2.45) is 0 Å². The van der Waals surface area contributed by atoms with Crippen LogP contribution in [0.15, 0.2) is 30.3 Å². The molecule has 74 valence electrons. The predicted molar refractivity (Wildman–Crippen MR) is 52.9 cm³/mol. The molecule has 1 aromatic carbocycles. The Bertz CT molecular complexity index is 323. The lowest BCUT2D eigenvalue weighted by molar-refractivity contribution is 0.133. The van der Waals surface area contributed by atoms with Gasteiger partial charge in [0.2, 0.25) is 0 Å². The third-order valence-electron chi connectivity index (χ3n) is 2.44. The number of rotatable bonds is 2. The van der Waals surface area contributed by atoms with Gasteiger partial charge in [0.15, 0.2) is 0 Å². The zero-order valence-corrected chi connectivity index (χ0v) is 8.14. The van der Waals surface area contributed by atoms with Gasteiger partial charge in [-0.1, -0.05) is 30.3 Å². The number of cyclic esters (lactones) is 1.